The zero-order valence-electron chi connectivity index (χ0n) is 41.7. The highest BCUT2D eigenvalue weighted by Crippen LogP contribution is 2.42. The summed E-state index contributed by atoms with van der Waals surface area (Å²) in [7, 11) is -2.63. The number of hydrogen-bond acceptors (Lipinski definition) is 2. The Morgan fingerprint density at radius 3 is 1.47 bits per heavy atom. The van der Waals surface area contributed by atoms with Crippen LogP contribution < -0.4 is 25.6 Å². The highest BCUT2D eigenvalue weighted by atomic mass is 28.3. The normalized spacial score (nSPS) is 13.9. The molecule has 14 aromatic rings. The van der Waals surface area contributed by atoms with Gasteiger partial charge in [-0.05, 0) is 121 Å². The number of fused-ring (bicyclic) bond motifs is 9. The van der Waals surface area contributed by atoms with Gasteiger partial charge in [-0.2, -0.15) is 0 Å². The molecule has 3 heterocycles. The predicted octanol–water partition coefficient (Wildman–Crippen LogP) is 16.0. The van der Waals surface area contributed by atoms with E-state index < -0.39 is 8.07 Å². The van der Waals surface area contributed by atoms with E-state index in [1.807, 2.05) is 12.1 Å². The summed E-state index contributed by atoms with van der Waals surface area (Å²) in [6.45, 7) is 0. The lowest BCUT2D eigenvalue weighted by Crippen LogP contribution is -2.74. The van der Waals surface area contributed by atoms with E-state index in [9.17, 15) is 0 Å². The Morgan fingerprint density at radius 2 is 0.842 bits per heavy atom. The Balaban J connectivity index is 0.783. The highest BCUT2D eigenvalue weighted by molar-refractivity contribution is 7.19. The van der Waals surface area contributed by atoms with Crippen LogP contribution in [0.2, 0.25) is 0 Å². The van der Waals surface area contributed by atoms with Crippen LogP contribution >= 0.6 is 0 Å². The van der Waals surface area contributed by atoms with Crippen LogP contribution in [-0.2, 0) is 0 Å². The van der Waals surface area contributed by atoms with Crippen LogP contribution in [0.15, 0.2) is 290 Å². The number of rotatable bonds is 10. The number of benzene rings is 11. The standard InChI is InChI=1S/C72H50N2OSi/c1-4-15-58(16-5-1)76(59-17-6-2-7-18-59,60-19-8-3-9-20-60)61-43-33-50(34-44-61)49-27-37-55(38-28-49)73(57-41-31-52(32-42-57)54-36-46-71-67(48-54)63-22-11-13-26-70(63)75-71)56-39-29-51(30-40-56)53-35-45-69-66(47-53)65-24-14-23-64-62-21-10-12-25-68(62)74(69)72(64)65/h1-41,43-48,57H,42H2. The average molecular weight is 987 g/mol. The van der Waals surface area contributed by atoms with Crippen molar-refractivity contribution in [3.8, 4) is 22.3 Å². The van der Waals surface area contributed by atoms with Gasteiger partial charge in [0.05, 0.1) is 22.6 Å². The maximum absolute atomic E-state index is 6.19. The average Bonchev–Trinajstić information content (AvgIpc) is 4.29. The molecular formula is C72H50N2OSi. The van der Waals surface area contributed by atoms with Crippen molar-refractivity contribution in [3.05, 3.63) is 291 Å². The number of allylic oxidation sites excluding steroid dienone is 2. The second kappa shape index (κ2) is 17.9. The van der Waals surface area contributed by atoms with Crippen LogP contribution in [0.25, 0.3) is 87.9 Å². The summed E-state index contributed by atoms with van der Waals surface area (Å²) in [6.07, 6.45) is 7.95. The number of hydrogen-bond donors (Lipinski definition) is 0. The Hall–Kier alpha value is -9.48. The summed E-state index contributed by atoms with van der Waals surface area (Å²) in [5.74, 6) is 0. The van der Waals surface area contributed by atoms with Gasteiger partial charge in [-0.25, -0.2) is 0 Å². The molecule has 76 heavy (non-hydrogen) atoms. The fourth-order valence-electron chi connectivity index (χ4n) is 12.7. The largest absolute Gasteiger partial charge is 0.456 e. The Labute approximate surface area is 442 Å². The van der Waals surface area contributed by atoms with E-state index in [-0.39, 0.29) is 6.04 Å². The topological polar surface area (TPSA) is 20.8 Å². The third-order valence-electron chi connectivity index (χ3n) is 16.2. The molecule has 0 saturated heterocycles. The first-order valence-corrected chi connectivity index (χ1v) is 28.4. The molecule has 0 aliphatic heterocycles. The van der Waals surface area contributed by atoms with Crippen molar-refractivity contribution >= 4 is 106 Å². The van der Waals surface area contributed by atoms with Gasteiger partial charge in [0, 0.05) is 43.7 Å². The number of aromatic nitrogens is 1. The lowest BCUT2D eigenvalue weighted by atomic mass is 9.94. The fraction of sp³-hybridized carbons (Fsp3) is 0.0278. The van der Waals surface area contributed by atoms with Gasteiger partial charge in [0.2, 0.25) is 0 Å². The smallest absolute Gasteiger partial charge is 0.179 e. The van der Waals surface area contributed by atoms with Crippen molar-refractivity contribution in [2.75, 3.05) is 4.90 Å². The van der Waals surface area contributed by atoms with E-state index in [2.05, 4.69) is 282 Å². The molecule has 358 valence electrons. The van der Waals surface area contributed by atoms with E-state index in [0.29, 0.717) is 0 Å². The molecule has 3 aromatic heterocycles. The zero-order chi connectivity index (χ0) is 50.2. The maximum atomic E-state index is 6.19. The van der Waals surface area contributed by atoms with E-state index in [0.717, 1.165) is 39.7 Å². The molecule has 11 aromatic carbocycles. The van der Waals surface area contributed by atoms with Crippen LogP contribution in [0.1, 0.15) is 12.0 Å². The van der Waals surface area contributed by atoms with Gasteiger partial charge in [-0.3, -0.25) is 0 Å². The summed E-state index contributed by atoms with van der Waals surface area (Å²) in [6, 6.07) is 98.8. The van der Waals surface area contributed by atoms with Gasteiger partial charge in [0.15, 0.2) is 8.07 Å². The van der Waals surface area contributed by atoms with E-state index >= 15 is 0 Å². The number of furan rings is 1. The van der Waals surface area contributed by atoms with E-state index in [1.165, 1.54) is 92.2 Å². The first-order valence-electron chi connectivity index (χ1n) is 26.4. The minimum atomic E-state index is -2.63. The molecule has 0 bridgehead atoms. The molecule has 1 atom stereocenters. The molecule has 4 heteroatoms. The molecular weight excluding hydrogens is 937 g/mol. The lowest BCUT2D eigenvalue weighted by Gasteiger charge is -2.34. The molecule has 0 radical (unpaired) electrons. The third kappa shape index (κ3) is 7.02. The molecule has 15 rings (SSSR count). The molecule has 0 spiro atoms. The van der Waals surface area contributed by atoms with Crippen molar-refractivity contribution in [3.63, 3.8) is 0 Å². The number of para-hydroxylation sites is 3. The monoisotopic (exact) mass is 986 g/mol. The predicted molar refractivity (Wildman–Crippen MR) is 323 cm³/mol. The molecule has 0 fully saturated rings. The molecule has 1 aliphatic rings. The fourth-order valence-corrected chi connectivity index (χ4v) is 17.4. The summed E-state index contributed by atoms with van der Waals surface area (Å²) >= 11 is 0. The van der Waals surface area contributed by atoms with Gasteiger partial charge in [-0.15, -0.1) is 0 Å². The Kier molecular flexibility index (Phi) is 10.4. The van der Waals surface area contributed by atoms with Gasteiger partial charge in [0.1, 0.15) is 11.2 Å². The first-order chi connectivity index (χ1) is 37.7. The zero-order valence-corrected chi connectivity index (χ0v) is 42.7. The van der Waals surface area contributed by atoms with Gasteiger partial charge >= 0.3 is 0 Å². The van der Waals surface area contributed by atoms with Crippen LogP contribution in [0.4, 0.5) is 11.4 Å². The molecule has 3 nitrogen and oxygen atoms in total. The van der Waals surface area contributed by atoms with E-state index in [4.69, 9.17) is 4.42 Å². The van der Waals surface area contributed by atoms with E-state index in [1.54, 1.807) is 0 Å². The highest BCUT2D eigenvalue weighted by Gasteiger charge is 2.41. The number of nitrogens with zero attached hydrogens (tertiary/aromatic N) is 2. The number of anilines is 2. The Bertz CT molecular complexity index is 4420. The molecule has 0 saturated carbocycles. The first kappa shape index (κ1) is 44.0. The van der Waals surface area contributed by atoms with Crippen molar-refractivity contribution in [2.24, 2.45) is 0 Å². The van der Waals surface area contributed by atoms with Crippen LogP contribution in [0.5, 0.6) is 0 Å². The maximum Gasteiger partial charge on any atom is 0.179 e. The SMILES string of the molecule is C1=CC(N(c2ccc(-c3ccc([Si](c4ccccc4)(c4ccccc4)c4ccccc4)cc3)cc2)c2ccc(-c3ccc4c(c3)c3cccc5c6ccccc6n4c53)cc2)CC=C1c1ccc2oc3ccccc3c2c1. The van der Waals surface area contributed by atoms with Crippen molar-refractivity contribution in [1.29, 1.82) is 0 Å². The molecule has 0 N–H and O–H groups in total. The van der Waals surface area contributed by atoms with Crippen LogP contribution in [-0.4, -0.2) is 18.5 Å². The van der Waals surface area contributed by atoms with Crippen molar-refractivity contribution in [1.82, 2.24) is 4.40 Å². The summed E-state index contributed by atoms with van der Waals surface area (Å²) in [4.78, 5) is 2.51. The van der Waals surface area contributed by atoms with Gasteiger partial charge < -0.3 is 13.7 Å². The summed E-state index contributed by atoms with van der Waals surface area (Å²) in [5.41, 5.74) is 15.1. The summed E-state index contributed by atoms with van der Waals surface area (Å²) < 4.78 is 8.64. The molecule has 0 amide bonds. The summed E-state index contributed by atoms with van der Waals surface area (Å²) in [5, 5.41) is 13.0. The minimum absolute atomic E-state index is 0.0929. The van der Waals surface area contributed by atoms with Gasteiger partial charge in [-0.1, -0.05) is 224 Å². The quantitative estimate of drug-likeness (QED) is 0.101. The minimum Gasteiger partial charge on any atom is -0.456 e. The second-order valence-electron chi connectivity index (χ2n) is 20.3. The molecule has 1 aliphatic carbocycles. The third-order valence-corrected chi connectivity index (χ3v) is 21.0. The lowest BCUT2D eigenvalue weighted by molar-refractivity contribution is 0.669. The molecule has 1 unspecified atom stereocenters. The van der Waals surface area contributed by atoms with Crippen molar-refractivity contribution in [2.45, 2.75) is 12.5 Å². The van der Waals surface area contributed by atoms with Crippen LogP contribution in [0, 0.1) is 0 Å². The second-order valence-corrected chi connectivity index (χ2v) is 24.1. The van der Waals surface area contributed by atoms with Gasteiger partial charge in [0.25, 0.3) is 0 Å². The Morgan fingerprint density at radius 1 is 0.368 bits per heavy atom. The van der Waals surface area contributed by atoms with Crippen molar-refractivity contribution < 1.29 is 4.42 Å². The van der Waals surface area contributed by atoms with Crippen LogP contribution in [0.3, 0.4) is 0 Å².